The molecule has 19 heteroatoms. The van der Waals surface area contributed by atoms with E-state index < -0.39 is 70.3 Å². The zero-order valence-electron chi connectivity index (χ0n) is 22.1. The number of aliphatic carboxylic acids is 1. The van der Waals surface area contributed by atoms with Crippen LogP contribution in [0.2, 0.25) is 0 Å². The fraction of sp³-hybridized carbons (Fsp3) is 0.500. The van der Waals surface area contributed by atoms with Crippen molar-refractivity contribution in [2.75, 3.05) is 23.6 Å². The number of hydrogen-bond acceptors (Lipinski definition) is 14. The fourth-order valence-electron chi connectivity index (χ4n) is 3.45. The number of aromatic nitrogens is 3. The Morgan fingerprint density at radius 1 is 1.27 bits per heavy atom. The van der Waals surface area contributed by atoms with Crippen LogP contribution in [0.1, 0.15) is 20.8 Å². The van der Waals surface area contributed by atoms with E-state index in [0.29, 0.717) is 5.57 Å². The van der Waals surface area contributed by atoms with Crippen LogP contribution in [-0.4, -0.2) is 100 Å². The van der Waals surface area contributed by atoms with E-state index in [0.717, 1.165) is 16.7 Å². The minimum Gasteiger partial charge on any atom is -0.477 e. The molecule has 1 aromatic rings. The van der Waals surface area contributed by atoms with Crippen LogP contribution in [0.15, 0.2) is 26.4 Å². The van der Waals surface area contributed by atoms with Gasteiger partial charge in [-0.05, 0) is 26.3 Å². The molecule has 2 amide bonds. The number of thioether (sulfide) groups is 2. The third-order valence-corrected chi connectivity index (χ3v) is 8.46. The summed E-state index contributed by atoms with van der Waals surface area (Å²) < 4.78 is 11.3. The van der Waals surface area contributed by atoms with E-state index >= 15 is 0 Å². The topological polar surface area (TPSA) is 220 Å². The van der Waals surface area contributed by atoms with Gasteiger partial charge < -0.3 is 25.1 Å². The smallest absolute Gasteiger partial charge is 0.352 e. The number of nitrogens with one attached hydrogen (secondary N) is 1. The normalized spacial score (nSPS) is 18.8. The highest BCUT2D eigenvalue weighted by molar-refractivity contribution is 9.09. The average molecular weight is 678 g/mol. The number of amides is 2. The molecule has 3 rings (SSSR count). The number of ketones is 1. The van der Waals surface area contributed by atoms with Crippen molar-refractivity contribution in [3.63, 3.8) is 0 Å². The van der Waals surface area contributed by atoms with Gasteiger partial charge in [0, 0.05) is 18.6 Å². The number of carboxylic acid groups (broad SMARTS) is 1. The molecule has 3 heterocycles. The van der Waals surface area contributed by atoms with E-state index in [1.165, 1.54) is 23.5 Å². The van der Waals surface area contributed by atoms with Gasteiger partial charge >= 0.3 is 23.4 Å². The Balaban J connectivity index is 1.69. The summed E-state index contributed by atoms with van der Waals surface area (Å²) in [6, 6.07) is -1.14. The van der Waals surface area contributed by atoms with Gasteiger partial charge in [0.05, 0.1) is 10.7 Å². The van der Waals surface area contributed by atoms with E-state index in [1.807, 2.05) is 0 Å². The molecule has 0 bridgehead atoms. The Morgan fingerprint density at radius 2 is 1.95 bits per heavy atom. The summed E-state index contributed by atoms with van der Waals surface area (Å²) in [4.78, 5) is 78.1. The van der Waals surface area contributed by atoms with Crippen molar-refractivity contribution in [1.29, 1.82) is 0 Å². The first-order valence-electron chi connectivity index (χ1n) is 11.6. The number of alkyl halides is 1. The number of Topliss-reactive ketones (excluding diaryl/α,β-unsaturated/α-hetero) is 1. The molecule has 0 unspecified atom stereocenters. The Morgan fingerprint density at radius 3 is 2.54 bits per heavy atom. The Labute approximate surface area is 249 Å². The van der Waals surface area contributed by atoms with Gasteiger partial charge in [0.15, 0.2) is 5.16 Å². The zero-order chi connectivity index (χ0) is 30.6. The molecule has 0 aliphatic carbocycles. The second-order valence-electron chi connectivity index (χ2n) is 9.48. The molecule has 2 aliphatic heterocycles. The number of rotatable bonds is 11. The number of esters is 1. The average Bonchev–Trinajstić information content (AvgIpc) is 2.91. The van der Waals surface area contributed by atoms with Crippen LogP contribution in [0.4, 0.5) is 0 Å². The van der Waals surface area contributed by atoms with E-state index in [9.17, 15) is 33.9 Å². The van der Waals surface area contributed by atoms with Gasteiger partial charge in [0.1, 0.15) is 17.1 Å². The molecule has 1 fully saturated rings. The molecular formula is C22H25BrN6O10S2. The summed E-state index contributed by atoms with van der Waals surface area (Å²) in [6.07, 6.45) is 0. The van der Waals surface area contributed by atoms with Gasteiger partial charge in [-0.1, -0.05) is 32.8 Å². The second-order valence-corrected chi connectivity index (χ2v) is 12.1. The quantitative estimate of drug-likeness (QED) is 0.0316. The SMILES string of the molecule is Cn1nc(OCOC(=O)C(C)(C)C)c(=O)nc1SCC1=C(C(=O)O)N2C(=O)[C@@H](NC(=O)/C(=N\O)C(=O)CBr)[C@H]2SC1. The van der Waals surface area contributed by atoms with Gasteiger partial charge in [-0.15, -0.1) is 16.9 Å². The predicted octanol–water partition coefficient (Wildman–Crippen LogP) is -0.274. The highest BCUT2D eigenvalue weighted by Crippen LogP contribution is 2.41. The maximum atomic E-state index is 12.8. The van der Waals surface area contributed by atoms with Gasteiger partial charge in [-0.3, -0.25) is 28.9 Å². The first-order valence-corrected chi connectivity index (χ1v) is 14.8. The maximum Gasteiger partial charge on any atom is 0.352 e. The van der Waals surface area contributed by atoms with Crippen LogP contribution >= 0.6 is 39.5 Å². The minimum absolute atomic E-state index is 0.0363. The first-order chi connectivity index (χ1) is 19.2. The van der Waals surface area contributed by atoms with E-state index in [-0.39, 0.29) is 27.7 Å². The van der Waals surface area contributed by atoms with Crippen molar-refractivity contribution in [2.45, 2.75) is 37.3 Å². The summed E-state index contributed by atoms with van der Waals surface area (Å²) in [5, 5.41) is 26.9. The van der Waals surface area contributed by atoms with E-state index in [1.54, 1.807) is 20.8 Å². The molecule has 0 spiro atoms. The van der Waals surface area contributed by atoms with Gasteiger partial charge in [-0.25, -0.2) is 9.48 Å². The largest absolute Gasteiger partial charge is 0.477 e. The molecule has 0 radical (unpaired) electrons. The number of oxime groups is 1. The molecule has 16 nitrogen and oxygen atoms in total. The lowest BCUT2D eigenvalue weighted by molar-refractivity contribution is -0.160. The summed E-state index contributed by atoms with van der Waals surface area (Å²) >= 11 is 5.04. The summed E-state index contributed by atoms with van der Waals surface area (Å²) in [5.41, 5.74) is -2.30. The number of halogens is 1. The molecule has 0 aromatic carbocycles. The number of carbonyl (C=O) groups is 5. The van der Waals surface area contributed by atoms with Crippen LogP contribution < -0.4 is 15.6 Å². The number of carboxylic acids is 1. The summed E-state index contributed by atoms with van der Waals surface area (Å²) in [7, 11) is 1.48. The number of β-lactam (4-membered cyclic amide) rings is 1. The number of hydrogen-bond donors (Lipinski definition) is 3. The second kappa shape index (κ2) is 13.0. The van der Waals surface area contributed by atoms with E-state index in [4.69, 9.17) is 14.7 Å². The maximum absolute atomic E-state index is 12.8. The van der Waals surface area contributed by atoms with Crippen molar-refractivity contribution in [3.8, 4) is 5.88 Å². The number of nitrogens with zero attached hydrogens (tertiary/aromatic N) is 5. The first kappa shape index (κ1) is 32.1. The van der Waals surface area contributed by atoms with Crippen LogP contribution in [0.25, 0.3) is 0 Å². The number of carbonyl (C=O) groups excluding carboxylic acids is 4. The van der Waals surface area contributed by atoms with Crippen LogP contribution in [-0.2, 0) is 35.8 Å². The van der Waals surface area contributed by atoms with Crippen molar-refractivity contribution >= 4 is 74.7 Å². The van der Waals surface area contributed by atoms with Crippen molar-refractivity contribution in [2.24, 2.45) is 17.6 Å². The van der Waals surface area contributed by atoms with Crippen LogP contribution in [0.5, 0.6) is 5.88 Å². The van der Waals surface area contributed by atoms with Crippen LogP contribution in [0.3, 0.4) is 0 Å². The standard InChI is InChI=1S/C22H25BrN6O10S2/c1-22(2,3)20(36)39-8-38-16-15(32)25-21(28(4)26-16)41-7-9-6-40-18-12(17(33)29(18)13(9)19(34)35)24-14(31)11(27-37)10(30)5-23/h12,18,37H,5-8H2,1-4H3,(H,24,31)(H,34,35)/b27-11-/t12-,18-/m1/s1. The lowest BCUT2D eigenvalue weighted by Gasteiger charge is -2.49. The highest BCUT2D eigenvalue weighted by Gasteiger charge is 2.54. The number of ether oxygens (including phenoxy) is 2. The Hall–Kier alpha value is -3.45. The fourth-order valence-corrected chi connectivity index (χ4v) is 6.11. The van der Waals surface area contributed by atoms with Crippen molar-refractivity contribution in [1.82, 2.24) is 25.0 Å². The van der Waals surface area contributed by atoms with E-state index in [2.05, 4.69) is 36.5 Å². The van der Waals surface area contributed by atoms with Crippen molar-refractivity contribution < 1.29 is 43.8 Å². The number of aryl methyl sites for hydroxylation is 1. The molecule has 1 aromatic heterocycles. The molecular weight excluding hydrogens is 652 g/mol. The Bertz CT molecular complexity index is 1410. The molecule has 2 aliphatic rings. The lowest BCUT2D eigenvalue weighted by Crippen LogP contribution is -2.71. The number of fused-ring (bicyclic) bond motifs is 1. The zero-order valence-corrected chi connectivity index (χ0v) is 25.3. The van der Waals surface area contributed by atoms with Gasteiger partial charge in [0.2, 0.25) is 18.3 Å². The van der Waals surface area contributed by atoms with Crippen LogP contribution in [0, 0.1) is 5.41 Å². The molecule has 3 N–H and O–H groups in total. The molecule has 1 saturated heterocycles. The molecule has 41 heavy (non-hydrogen) atoms. The third kappa shape index (κ3) is 7.07. The molecule has 2 atom stereocenters. The van der Waals surface area contributed by atoms with Gasteiger partial charge in [-0.2, -0.15) is 4.98 Å². The monoisotopic (exact) mass is 676 g/mol. The minimum atomic E-state index is -1.37. The third-order valence-electron chi connectivity index (χ3n) is 5.51. The van der Waals surface area contributed by atoms with Gasteiger partial charge in [0.25, 0.3) is 11.8 Å². The predicted molar refractivity (Wildman–Crippen MR) is 147 cm³/mol. The summed E-state index contributed by atoms with van der Waals surface area (Å²) in [6.45, 7) is 4.43. The van der Waals surface area contributed by atoms with Crippen molar-refractivity contribution in [3.05, 3.63) is 21.6 Å². The molecule has 0 saturated carbocycles. The summed E-state index contributed by atoms with van der Waals surface area (Å²) in [5.74, 6) is -4.70. The highest BCUT2D eigenvalue weighted by atomic mass is 79.9. The lowest BCUT2D eigenvalue weighted by atomic mass is 9.98. The molecule has 222 valence electrons. The Kier molecular flexibility index (Phi) is 10.2.